The number of alkyl halides is 1. The van der Waals surface area contributed by atoms with Gasteiger partial charge >= 0.3 is 6.09 Å². The molecule has 0 aromatic heterocycles. The third kappa shape index (κ3) is 14.0. The maximum Gasteiger partial charge on any atom is 0.407 e. The van der Waals surface area contributed by atoms with Crippen LogP contribution in [0.5, 0.6) is 0 Å². The molecule has 5 nitrogen and oxygen atoms in total. The van der Waals surface area contributed by atoms with Crippen molar-refractivity contribution in [1.29, 1.82) is 0 Å². The number of alkyl carbamates (subject to hydrolysis) is 1. The second-order valence-corrected chi connectivity index (χ2v) is 5.77. The number of carbonyl (C=O) groups is 1. The molecule has 0 aromatic rings. The van der Waals surface area contributed by atoms with E-state index in [2.05, 4.69) is 27.9 Å². The molecule has 0 aliphatic heterocycles. The number of nitrogens with one attached hydrogen (secondary N) is 1. The summed E-state index contributed by atoms with van der Waals surface area (Å²) >= 11 is 2.26. The Hall–Kier alpha value is -0.0800. The van der Waals surface area contributed by atoms with Gasteiger partial charge in [0, 0.05) is 17.6 Å². The first kappa shape index (κ1) is 17.9. The molecule has 0 aromatic carbocycles. The van der Waals surface area contributed by atoms with E-state index in [-0.39, 0.29) is 6.09 Å². The van der Waals surface area contributed by atoms with Crippen molar-refractivity contribution in [3.05, 3.63) is 0 Å². The summed E-state index contributed by atoms with van der Waals surface area (Å²) in [5.74, 6) is 0. The van der Waals surface area contributed by atoms with Crippen LogP contribution in [0.1, 0.15) is 27.2 Å². The largest absolute Gasteiger partial charge is 0.444 e. The zero-order chi connectivity index (χ0) is 13.9. The van der Waals surface area contributed by atoms with Crippen molar-refractivity contribution in [3.63, 3.8) is 0 Å². The van der Waals surface area contributed by atoms with Gasteiger partial charge < -0.3 is 19.5 Å². The molecule has 18 heavy (non-hydrogen) atoms. The van der Waals surface area contributed by atoms with Crippen LogP contribution in [0.25, 0.3) is 0 Å². The summed E-state index contributed by atoms with van der Waals surface area (Å²) in [7, 11) is 0. The van der Waals surface area contributed by atoms with Gasteiger partial charge in [0.1, 0.15) is 5.60 Å². The first-order valence-corrected chi connectivity index (χ1v) is 7.66. The molecule has 108 valence electrons. The summed E-state index contributed by atoms with van der Waals surface area (Å²) in [4.78, 5) is 11.3. The minimum Gasteiger partial charge on any atom is -0.444 e. The average molecular weight is 373 g/mol. The van der Waals surface area contributed by atoms with Crippen molar-refractivity contribution in [2.45, 2.75) is 32.8 Å². The van der Waals surface area contributed by atoms with E-state index in [1.54, 1.807) is 0 Å². The van der Waals surface area contributed by atoms with E-state index in [1.807, 2.05) is 20.8 Å². The van der Waals surface area contributed by atoms with Gasteiger partial charge in [-0.05, 0) is 27.2 Å². The van der Waals surface area contributed by atoms with E-state index < -0.39 is 5.60 Å². The lowest BCUT2D eigenvalue weighted by molar-refractivity contribution is 0.0471. The molecule has 0 unspecified atom stereocenters. The van der Waals surface area contributed by atoms with Gasteiger partial charge in [-0.1, -0.05) is 22.6 Å². The molecule has 0 saturated heterocycles. The van der Waals surface area contributed by atoms with Crippen LogP contribution >= 0.6 is 22.6 Å². The van der Waals surface area contributed by atoms with E-state index in [0.717, 1.165) is 17.5 Å². The highest BCUT2D eigenvalue weighted by molar-refractivity contribution is 14.1. The fourth-order valence-corrected chi connectivity index (χ4v) is 1.37. The van der Waals surface area contributed by atoms with Crippen LogP contribution in [0.4, 0.5) is 4.79 Å². The molecular formula is C12H24INO4. The van der Waals surface area contributed by atoms with Gasteiger partial charge in [-0.25, -0.2) is 4.79 Å². The maximum atomic E-state index is 11.3. The first-order valence-electron chi connectivity index (χ1n) is 6.14. The maximum absolute atomic E-state index is 11.3. The van der Waals surface area contributed by atoms with Crippen LogP contribution in [-0.4, -0.2) is 49.1 Å². The van der Waals surface area contributed by atoms with E-state index in [0.29, 0.717) is 26.4 Å². The zero-order valence-electron chi connectivity index (χ0n) is 11.5. The van der Waals surface area contributed by atoms with Gasteiger partial charge in [0.2, 0.25) is 0 Å². The number of halogens is 1. The van der Waals surface area contributed by atoms with Gasteiger partial charge in [0.15, 0.2) is 0 Å². The number of carbonyl (C=O) groups excluding carboxylic acids is 1. The Labute approximate surface area is 123 Å². The van der Waals surface area contributed by atoms with E-state index in [4.69, 9.17) is 14.2 Å². The summed E-state index contributed by atoms with van der Waals surface area (Å²) in [5, 5.41) is 2.68. The molecule has 0 fully saturated rings. The molecule has 0 saturated carbocycles. The number of rotatable bonds is 9. The molecule has 1 amide bonds. The topological polar surface area (TPSA) is 56.8 Å². The highest BCUT2D eigenvalue weighted by Gasteiger charge is 2.15. The third-order valence-electron chi connectivity index (χ3n) is 1.73. The Bertz CT molecular complexity index is 219. The molecule has 6 heteroatoms. The van der Waals surface area contributed by atoms with Crippen molar-refractivity contribution in [3.8, 4) is 0 Å². The van der Waals surface area contributed by atoms with Gasteiger partial charge in [0.25, 0.3) is 0 Å². The number of ether oxygens (including phenoxy) is 3. The third-order valence-corrected chi connectivity index (χ3v) is 2.17. The van der Waals surface area contributed by atoms with Crippen LogP contribution < -0.4 is 5.32 Å². The van der Waals surface area contributed by atoms with Gasteiger partial charge in [-0.2, -0.15) is 0 Å². The van der Waals surface area contributed by atoms with Crippen molar-refractivity contribution >= 4 is 28.7 Å². The fourth-order valence-electron chi connectivity index (χ4n) is 1.06. The molecule has 0 radical (unpaired) electrons. The lowest BCUT2D eigenvalue weighted by atomic mass is 10.2. The van der Waals surface area contributed by atoms with Crippen LogP contribution in [0.3, 0.4) is 0 Å². The number of hydrogen-bond acceptors (Lipinski definition) is 4. The Morgan fingerprint density at radius 1 is 1.11 bits per heavy atom. The summed E-state index contributed by atoms with van der Waals surface area (Å²) in [6.45, 7) is 8.69. The summed E-state index contributed by atoms with van der Waals surface area (Å²) in [6.07, 6.45) is 0.388. The molecule has 1 N–H and O–H groups in total. The zero-order valence-corrected chi connectivity index (χ0v) is 13.6. The van der Waals surface area contributed by atoms with E-state index >= 15 is 0 Å². The molecular weight excluding hydrogens is 349 g/mol. The Kier molecular flexibility index (Phi) is 10.8. The molecule has 0 rings (SSSR count). The van der Waals surface area contributed by atoms with E-state index in [9.17, 15) is 4.79 Å². The molecule has 0 heterocycles. The second kappa shape index (κ2) is 10.8. The number of hydrogen-bond donors (Lipinski definition) is 1. The van der Waals surface area contributed by atoms with Crippen molar-refractivity contribution in [2.75, 3.05) is 37.4 Å². The smallest absolute Gasteiger partial charge is 0.407 e. The van der Waals surface area contributed by atoms with Crippen LogP contribution in [0, 0.1) is 0 Å². The lowest BCUT2D eigenvalue weighted by Crippen LogP contribution is -2.33. The molecule has 0 aliphatic carbocycles. The van der Waals surface area contributed by atoms with Gasteiger partial charge in [-0.3, -0.25) is 0 Å². The van der Waals surface area contributed by atoms with Crippen LogP contribution in [0.15, 0.2) is 0 Å². The second-order valence-electron chi connectivity index (χ2n) is 4.70. The number of amides is 1. The SMILES string of the molecule is CC(C)(C)OC(=O)NCCCOCCOCCI. The predicted octanol–water partition coefficient (Wildman–Crippen LogP) is 2.37. The minimum atomic E-state index is -0.448. The molecule has 0 aliphatic rings. The Balaban J connectivity index is 3.23. The average Bonchev–Trinajstić information content (AvgIpc) is 2.24. The standard InChI is InChI=1S/C12H24INO4/c1-12(2,3)18-11(15)14-6-4-7-16-9-10-17-8-5-13/h4-10H2,1-3H3,(H,14,15). The van der Waals surface area contributed by atoms with Gasteiger partial charge in [0.05, 0.1) is 19.8 Å². The van der Waals surface area contributed by atoms with Crippen molar-refractivity contribution in [2.24, 2.45) is 0 Å². The van der Waals surface area contributed by atoms with Crippen molar-refractivity contribution < 1.29 is 19.0 Å². The Morgan fingerprint density at radius 2 is 1.72 bits per heavy atom. The minimum absolute atomic E-state index is 0.382. The van der Waals surface area contributed by atoms with Crippen LogP contribution in [-0.2, 0) is 14.2 Å². The van der Waals surface area contributed by atoms with Crippen LogP contribution in [0.2, 0.25) is 0 Å². The lowest BCUT2D eigenvalue weighted by Gasteiger charge is -2.19. The summed E-state index contributed by atoms with van der Waals surface area (Å²) < 4.78 is 16.7. The predicted molar refractivity (Wildman–Crippen MR) is 79.4 cm³/mol. The normalized spacial score (nSPS) is 11.3. The Morgan fingerprint density at radius 3 is 2.28 bits per heavy atom. The molecule has 0 spiro atoms. The van der Waals surface area contributed by atoms with Gasteiger partial charge in [-0.15, -0.1) is 0 Å². The fraction of sp³-hybridized carbons (Fsp3) is 0.917. The highest BCUT2D eigenvalue weighted by atomic mass is 127. The molecule has 0 bridgehead atoms. The molecule has 0 atom stereocenters. The van der Waals surface area contributed by atoms with E-state index in [1.165, 1.54) is 0 Å². The summed E-state index contributed by atoms with van der Waals surface area (Å²) in [6, 6.07) is 0. The van der Waals surface area contributed by atoms with Crippen molar-refractivity contribution in [1.82, 2.24) is 5.32 Å². The monoisotopic (exact) mass is 373 g/mol. The highest BCUT2D eigenvalue weighted by Crippen LogP contribution is 2.06. The quantitative estimate of drug-likeness (QED) is 0.383. The first-order chi connectivity index (χ1) is 8.45. The summed E-state index contributed by atoms with van der Waals surface area (Å²) in [5.41, 5.74) is -0.448.